The number of ether oxygens (including phenoxy) is 3. The third kappa shape index (κ3) is 7.49. The maximum absolute atomic E-state index is 13.5. The summed E-state index contributed by atoms with van der Waals surface area (Å²) < 4.78 is 15.5. The van der Waals surface area contributed by atoms with Gasteiger partial charge in [-0.05, 0) is 65.4 Å². The molecule has 0 aromatic heterocycles. The molecule has 0 bridgehead atoms. The monoisotopic (exact) mass is 541 g/mol. The first kappa shape index (κ1) is 27.5. The molecule has 7 nitrogen and oxygen atoms in total. The Balaban J connectivity index is 1.54. The van der Waals surface area contributed by atoms with Crippen molar-refractivity contribution in [3.8, 4) is 11.5 Å². The zero-order chi connectivity index (χ0) is 27.6. The molecule has 4 aromatic rings. The van der Waals surface area contributed by atoms with Gasteiger partial charge in [-0.1, -0.05) is 60.7 Å². The predicted molar refractivity (Wildman–Crippen MR) is 149 cm³/mol. The van der Waals surface area contributed by atoms with E-state index >= 15 is 0 Å². The molecule has 0 unspecified atom stereocenters. The SMILES string of the molecule is COC(=O)c1ccc(SC(=O)N(Cc2ccccc2)Cc2ccc(Oc3ccccc3)cc2)cc1C(=O)OC. The van der Waals surface area contributed by atoms with E-state index in [1.807, 2.05) is 84.9 Å². The average Bonchev–Trinajstić information content (AvgIpc) is 2.98. The zero-order valence-electron chi connectivity index (χ0n) is 21.5. The summed E-state index contributed by atoms with van der Waals surface area (Å²) in [5, 5.41) is -0.218. The summed E-state index contributed by atoms with van der Waals surface area (Å²) in [7, 11) is 2.46. The summed E-state index contributed by atoms with van der Waals surface area (Å²) in [6.07, 6.45) is 0. The summed E-state index contributed by atoms with van der Waals surface area (Å²) >= 11 is 0.968. The van der Waals surface area contributed by atoms with Gasteiger partial charge in [0.25, 0.3) is 5.24 Å². The molecule has 0 saturated heterocycles. The molecule has 0 fully saturated rings. The smallest absolute Gasteiger partial charge is 0.338 e. The molecule has 0 radical (unpaired) electrons. The second kappa shape index (κ2) is 13.3. The van der Waals surface area contributed by atoms with Crippen LogP contribution in [0.4, 0.5) is 4.79 Å². The van der Waals surface area contributed by atoms with Crippen molar-refractivity contribution in [2.24, 2.45) is 0 Å². The number of hydrogen-bond acceptors (Lipinski definition) is 7. The third-order valence-corrected chi connectivity index (χ3v) is 6.68. The van der Waals surface area contributed by atoms with E-state index in [2.05, 4.69) is 0 Å². The van der Waals surface area contributed by atoms with Crippen molar-refractivity contribution in [3.05, 3.63) is 125 Å². The van der Waals surface area contributed by atoms with Gasteiger partial charge in [-0.2, -0.15) is 0 Å². The number of thioether (sulfide) groups is 1. The Bertz CT molecular complexity index is 1420. The Hall–Kier alpha value is -4.56. The van der Waals surface area contributed by atoms with Crippen molar-refractivity contribution in [1.82, 2.24) is 4.90 Å². The quantitative estimate of drug-likeness (QED) is 0.167. The first-order valence-electron chi connectivity index (χ1n) is 12.1. The summed E-state index contributed by atoms with van der Waals surface area (Å²) in [4.78, 5) is 40.1. The highest BCUT2D eigenvalue weighted by molar-refractivity contribution is 8.13. The topological polar surface area (TPSA) is 82.1 Å². The Labute approximate surface area is 231 Å². The van der Waals surface area contributed by atoms with Crippen LogP contribution in [0, 0.1) is 0 Å². The van der Waals surface area contributed by atoms with Crippen LogP contribution >= 0.6 is 11.8 Å². The number of para-hydroxylation sites is 1. The fourth-order valence-corrected chi connectivity index (χ4v) is 4.59. The third-order valence-electron chi connectivity index (χ3n) is 5.76. The minimum absolute atomic E-state index is 0.0331. The number of carbonyl (C=O) groups excluding carboxylic acids is 3. The Kier molecular flexibility index (Phi) is 9.37. The molecule has 0 aliphatic carbocycles. The minimum Gasteiger partial charge on any atom is -0.465 e. The van der Waals surface area contributed by atoms with E-state index in [0.717, 1.165) is 28.6 Å². The van der Waals surface area contributed by atoms with Gasteiger partial charge in [0.05, 0.1) is 25.3 Å². The van der Waals surface area contributed by atoms with Crippen LogP contribution < -0.4 is 4.74 Å². The molecule has 0 saturated carbocycles. The van der Waals surface area contributed by atoms with Crippen molar-refractivity contribution < 1.29 is 28.6 Å². The van der Waals surface area contributed by atoms with Crippen molar-refractivity contribution in [3.63, 3.8) is 0 Å². The molecule has 4 aromatic carbocycles. The molecule has 0 aliphatic rings. The normalized spacial score (nSPS) is 10.4. The van der Waals surface area contributed by atoms with Crippen LogP contribution in [0.25, 0.3) is 0 Å². The van der Waals surface area contributed by atoms with Crippen LogP contribution in [0.3, 0.4) is 0 Å². The molecule has 8 heteroatoms. The number of hydrogen-bond donors (Lipinski definition) is 0. The van der Waals surface area contributed by atoms with Gasteiger partial charge in [0.2, 0.25) is 0 Å². The lowest BCUT2D eigenvalue weighted by Crippen LogP contribution is -2.26. The van der Waals surface area contributed by atoms with Gasteiger partial charge in [-0.15, -0.1) is 0 Å². The second-order valence-corrected chi connectivity index (χ2v) is 9.48. The van der Waals surface area contributed by atoms with Gasteiger partial charge in [0.1, 0.15) is 11.5 Å². The van der Waals surface area contributed by atoms with E-state index in [-0.39, 0.29) is 16.4 Å². The summed E-state index contributed by atoms with van der Waals surface area (Å²) in [5.41, 5.74) is 2.01. The molecular formula is C31H27NO6S. The molecular weight excluding hydrogens is 514 g/mol. The van der Waals surface area contributed by atoms with E-state index in [9.17, 15) is 14.4 Å². The van der Waals surface area contributed by atoms with E-state index in [4.69, 9.17) is 14.2 Å². The van der Waals surface area contributed by atoms with Gasteiger partial charge in [-0.3, -0.25) is 4.79 Å². The first-order valence-corrected chi connectivity index (χ1v) is 12.9. The first-order chi connectivity index (χ1) is 19.0. The van der Waals surface area contributed by atoms with E-state index in [1.165, 1.54) is 26.4 Å². The fraction of sp³-hybridized carbons (Fsp3) is 0.129. The van der Waals surface area contributed by atoms with Crippen molar-refractivity contribution in [1.29, 1.82) is 0 Å². The standard InChI is InChI=1S/C31H27NO6S/c1-36-29(33)27-18-17-26(19-28(27)30(34)37-2)39-31(35)32(20-22-9-5-3-6-10-22)21-23-13-15-25(16-14-23)38-24-11-7-4-8-12-24/h3-19H,20-21H2,1-2H3. The van der Waals surface area contributed by atoms with Gasteiger partial charge in [-0.25, -0.2) is 9.59 Å². The van der Waals surface area contributed by atoms with E-state index in [1.54, 1.807) is 11.0 Å². The Morgan fingerprint density at radius 2 is 1.18 bits per heavy atom. The van der Waals surface area contributed by atoms with E-state index in [0.29, 0.717) is 23.7 Å². The molecule has 0 atom stereocenters. The molecule has 4 rings (SSSR count). The van der Waals surface area contributed by atoms with Crippen molar-refractivity contribution in [2.45, 2.75) is 18.0 Å². The molecule has 0 heterocycles. The number of methoxy groups -OCH3 is 2. The molecule has 198 valence electrons. The van der Waals surface area contributed by atoms with Crippen LogP contribution in [0.2, 0.25) is 0 Å². The Morgan fingerprint density at radius 1 is 0.641 bits per heavy atom. The number of carbonyl (C=O) groups is 3. The van der Waals surface area contributed by atoms with Gasteiger partial charge in [0, 0.05) is 18.0 Å². The molecule has 1 amide bonds. The van der Waals surface area contributed by atoms with Gasteiger partial charge in [0.15, 0.2) is 0 Å². The van der Waals surface area contributed by atoms with Gasteiger partial charge >= 0.3 is 11.9 Å². The van der Waals surface area contributed by atoms with Crippen LogP contribution in [0.5, 0.6) is 11.5 Å². The second-order valence-electron chi connectivity index (χ2n) is 8.46. The van der Waals surface area contributed by atoms with Crippen LogP contribution in [0.15, 0.2) is 108 Å². The maximum Gasteiger partial charge on any atom is 0.338 e. The summed E-state index contributed by atoms with van der Waals surface area (Å²) in [5.74, 6) is 0.0845. The number of benzene rings is 4. The largest absolute Gasteiger partial charge is 0.465 e. The van der Waals surface area contributed by atoms with Crippen molar-refractivity contribution >= 4 is 28.9 Å². The van der Waals surface area contributed by atoms with Crippen LogP contribution in [-0.2, 0) is 22.6 Å². The lowest BCUT2D eigenvalue weighted by molar-refractivity contribution is 0.0555. The zero-order valence-corrected chi connectivity index (χ0v) is 22.4. The summed E-state index contributed by atoms with van der Waals surface area (Å²) in [6.45, 7) is 0.746. The molecule has 0 aliphatic heterocycles. The fourth-order valence-electron chi connectivity index (χ4n) is 3.82. The molecule has 39 heavy (non-hydrogen) atoms. The Morgan fingerprint density at radius 3 is 1.79 bits per heavy atom. The predicted octanol–water partition coefficient (Wildman–Crippen LogP) is 6.97. The highest BCUT2D eigenvalue weighted by Crippen LogP contribution is 2.28. The lowest BCUT2D eigenvalue weighted by atomic mass is 10.1. The van der Waals surface area contributed by atoms with Crippen LogP contribution in [-0.4, -0.2) is 36.3 Å². The van der Waals surface area contributed by atoms with Crippen LogP contribution in [0.1, 0.15) is 31.8 Å². The maximum atomic E-state index is 13.5. The van der Waals surface area contributed by atoms with E-state index < -0.39 is 11.9 Å². The number of nitrogens with zero attached hydrogens (tertiary/aromatic N) is 1. The highest BCUT2D eigenvalue weighted by Gasteiger charge is 2.22. The van der Waals surface area contributed by atoms with Crippen molar-refractivity contribution in [2.75, 3.05) is 14.2 Å². The number of esters is 2. The lowest BCUT2D eigenvalue weighted by Gasteiger charge is -2.23. The average molecular weight is 542 g/mol. The summed E-state index contributed by atoms with van der Waals surface area (Å²) in [6, 6.07) is 31.3. The number of amides is 1. The minimum atomic E-state index is -0.691. The van der Waals surface area contributed by atoms with Gasteiger partial charge < -0.3 is 19.1 Å². The molecule has 0 spiro atoms. The highest BCUT2D eigenvalue weighted by atomic mass is 32.2. The molecule has 0 N–H and O–H groups in total. The number of rotatable bonds is 9.